The van der Waals surface area contributed by atoms with Gasteiger partial charge in [0.15, 0.2) is 0 Å². The fraction of sp³-hybridized carbons (Fsp3) is 0.556. The summed E-state index contributed by atoms with van der Waals surface area (Å²) in [5, 5.41) is 12.8. The van der Waals surface area contributed by atoms with Gasteiger partial charge in [0.2, 0.25) is 0 Å². The van der Waals surface area contributed by atoms with Gasteiger partial charge in [0, 0.05) is 12.5 Å². The van der Waals surface area contributed by atoms with Gasteiger partial charge >= 0.3 is 0 Å². The second-order valence-electron chi connectivity index (χ2n) is 3.89. The van der Waals surface area contributed by atoms with E-state index in [1.165, 1.54) is 0 Å². The second-order valence-corrected chi connectivity index (χ2v) is 3.89. The van der Waals surface area contributed by atoms with E-state index in [1.54, 1.807) is 10.9 Å². The van der Waals surface area contributed by atoms with Crippen LogP contribution < -0.4 is 0 Å². The Morgan fingerprint density at radius 3 is 2.42 bits per heavy atom. The summed E-state index contributed by atoms with van der Waals surface area (Å²) in [6, 6.07) is 2.14. The highest BCUT2D eigenvalue weighted by Crippen LogP contribution is 2.24. The SMILES string of the molecule is Cn1ncc(C#N)c1C(C)(C)C. The van der Waals surface area contributed by atoms with Crippen molar-refractivity contribution in [3.63, 3.8) is 0 Å². The smallest absolute Gasteiger partial charge is 0.103 e. The third-order valence-corrected chi connectivity index (χ3v) is 1.77. The highest BCUT2D eigenvalue weighted by molar-refractivity contribution is 5.35. The third kappa shape index (κ3) is 1.33. The van der Waals surface area contributed by atoms with Crippen LogP contribution in [0.15, 0.2) is 6.20 Å². The predicted molar refractivity (Wildman–Crippen MR) is 46.6 cm³/mol. The lowest BCUT2D eigenvalue weighted by molar-refractivity contribution is 0.522. The quantitative estimate of drug-likeness (QED) is 0.582. The third-order valence-electron chi connectivity index (χ3n) is 1.77. The minimum absolute atomic E-state index is 0.0175. The van der Waals surface area contributed by atoms with Crippen molar-refractivity contribution in [2.75, 3.05) is 0 Å². The maximum absolute atomic E-state index is 8.79. The van der Waals surface area contributed by atoms with E-state index >= 15 is 0 Å². The Hall–Kier alpha value is -1.30. The molecule has 12 heavy (non-hydrogen) atoms. The number of hydrogen-bond donors (Lipinski definition) is 0. The number of aromatic nitrogens is 2. The zero-order valence-electron chi connectivity index (χ0n) is 7.92. The average Bonchev–Trinajstić information content (AvgIpc) is 2.29. The molecule has 1 aromatic heterocycles. The van der Waals surface area contributed by atoms with E-state index in [0.29, 0.717) is 5.56 Å². The lowest BCUT2D eigenvalue weighted by Gasteiger charge is -2.18. The van der Waals surface area contributed by atoms with Gasteiger partial charge < -0.3 is 0 Å². The van der Waals surface area contributed by atoms with Crippen molar-refractivity contribution >= 4 is 0 Å². The predicted octanol–water partition coefficient (Wildman–Crippen LogP) is 1.59. The molecular weight excluding hydrogens is 150 g/mol. The maximum Gasteiger partial charge on any atom is 0.103 e. The molecule has 0 aliphatic heterocycles. The Balaban J connectivity index is 3.32. The first kappa shape index (κ1) is 8.79. The topological polar surface area (TPSA) is 41.6 Å². The van der Waals surface area contributed by atoms with Crippen LogP contribution in [-0.4, -0.2) is 9.78 Å². The van der Waals surface area contributed by atoms with E-state index in [9.17, 15) is 0 Å². The van der Waals surface area contributed by atoms with Gasteiger partial charge in [-0.15, -0.1) is 0 Å². The van der Waals surface area contributed by atoms with Crippen molar-refractivity contribution in [3.05, 3.63) is 17.5 Å². The zero-order valence-corrected chi connectivity index (χ0v) is 7.92. The van der Waals surface area contributed by atoms with Crippen molar-refractivity contribution < 1.29 is 0 Å². The Morgan fingerprint density at radius 2 is 2.08 bits per heavy atom. The average molecular weight is 163 g/mol. The zero-order chi connectivity index (χ0) is 9.35. The van der Waals surface area contributed by atoms with E-state index in [-0.39, 0.29) is 5.41 Å². The summed E-state index contributed by atoms with van der Waals surface area (Å²) >= 11 is 0. The van der Waals surface area contributed by atoms with Gasteiger partial charge in [-0.3, -0.25) is 4.68 Å². The van der Waals surface area contributed by atoms with E-state index in [2.05, 4.69) is 31.9 Å². The molecule has 0 atom stereocenters. The lowest BCUT2D eigenvalue weighted by Crippen LogP contribution is -2.17. The molecule has 0 radical (unpaired) electrons. The van der Waals surface area contributed by atoms with Crippen LogP contribution in [0.2, 0.25) is 0 Å². The molecule has 0 N–H and O–H groups in total. The Kier molecular flexibility index (Phi) is 1.93. The van der Waals surface area contributed by atoms with Gasteiger partial charge in [-0.2, -0.15) is 10.4 Å². The first-order valence-corrected chi connectivity index (χ1v) is 3.89. The van der Waals surface area contributed by atoms with E-state index in [4.69, 9.17) is 5.26 Å². The van der Waals surface area contributed by atoms with Gasteiger partial charge in [-0.05, 0) is 0 Å². The minimum Gasteiger partial charge on any atom is -0.271 e. The van der Waals surface area contributed by atoms with Crippen LogP contribution in [-0.2, 0) is 12.5 Å². The molecule has 1 heterocycles. The Labute approximate surface area is 72.6 Å². The van der Waals surface area contributed by atoms with Crippen molar-refractivity contribution in [2.24, 2.45) is 7.05 Å². The molecule has 0 aliphatic rings. The Morgan fingerprint density at radius 1 is 1.50 bits per heavy atom. The number of nitrogens with zero attached hydrogens (tertiary/aromatic N) is 3. The molecule has 0 bridgehead atoms. The monoisotopic (exact) mass is 163 g/mol. The summed E-state index contributed by atoms with van der Waals surface area (Å²) < 4.78 is 1.76. The summed E-state index contributed by atoms with van der Waals surface area (Å²) in [5.41, 5.74) is 1.64. The van der Waals surface area contributed by atoms with Gasteiger partial charge in [-0.1, -0.05) is 20.8 Å². The summed E-state index contributed by atoms with van der Waals surface area (Å²) in [5.74, 6) is 0. The molecule has 0 unspecified atom stereocenters. The van der Waals surface area contributed by atoms with Crippen LogP contribution in [0.25, 0.3) is 0 Å². The molecule has 0 fully saturated rings. The number of hydrogen-bond acceptors (Lipinski definition) is 2. The highest BCUT2D eigenvalue weighted by Gasteiger charge is 2.21. The molecule has 0 aromatic carbocycles. The molecule has 64 valence electrons. The van der Waals surface area contributed by atoms with Crippen LogP contribution in [0.1, 0.15) is 32.0 Å². The van der Waals surface area contributed by atoms with Crippen LogP contribution >= 0.6 is 0 Å². The summed E-state index contributed by atoms with van der Waals surface area (Å²) in [7, 11) is 1.86. The first-order chi connectivity index (χ1) is 5.46. The van der Waals surface area contributed by atoms with Crippen LogP contribution in [0, 0.1) is 11.3 Å². The van der Waals surface area contributed by atoms with Crippen molar-refractivity contribution in [1.29, 1.82) is 5.26 Å². The lowest BCUT2D eigenvalue weighted by atomic mass is 9.89. The van der Waals surface area contributed by atoms with Gasteiger partial charge in [-0.25, -0.2) is 0 Å². The number of rotatable bonds is 0. The summed E-state index contributed by atoms with van der Waals surface area (Å²) in [6.07, 6.45) is 1.61. The van der Waals surface area contributed by atoms with E-state index in [1.807, 2.05) is 7.05 Å². The molecule has 0 amide bonds. The normalized spacial score (nSPS) is 11.2. The molecule has 1 aromatic rings. The minimum atomic E-state index is -0.0175. The van der Waals surface area contributed by atoms with Gasteiger partial charge in [0.25, 0.3) is 0 Å². The van der Waals surface area contributed by atoms with Crippen molar-refractivity contribution in [1.82, 2.24) is 9.78 Å². The molecular formula is C9H13N3. The standard InChI is InChI=1S/C9H13N3/c1-9(2,3)8-7(5-10)6-11-12(8)4/h6H,1-4H3. The number of aryl methyl sites for hydroxylation is 1. The largest absolute Gasteiger partial charge is 0.271 e. The van der Waals surface area contributed by atoms with Gasteiger partial charge in [0.1, 0.15) is 6.07 Å². The number of nitriles is 1. The van der Waals surface area contributed by atoms with Gasteiger partial charge in [0.05, 0.1) is 17.5 Å². The summed E-state index contributed by atoms with van der Waals surface area (Å²) in [6.45, 7) is 6.22. The van der Waals surface area contributed by atoms with E-state index in [0.717, 1.165) is 5.69 Å². The molecule has 0 spiro atoms. The molecule has 0 saturated carbocycles. The second kappa shape index (κ2) is 2.63. The fourth-order valence-electron chi connectivity index (χ4n) is 1.41. The molecule has 0 aliphatic carbocycles. The van der Waals surface area contributed by atoms with Crippen molar-refractivity contribution in [2.45, 2.75) is 26.2 Å². The van der Waals surface area contributed by atoms with E-state index < -0.39 is 0 Å². The molecule has 0 saturated heterocycles. The molecule has 3 nitrogen and oxygen atoms in total. The highest BCUT2D eigenvalue weighted by atomic mass is 15.3. The van der Waals surface area contributed by atoms with Crippen LogP contribution in [0.5, 0.6) is 0 Å². The van der Waals surface area contributed by atoms with Crippen molar-refractivity contribution in [3.8, 4) is 6.07 Å². The molecule has 1 rings (SSSR count). The Bertz CT molecular complexity index is 323. The van der Waals surface area contributed by atoms with Crippen LogP contribution in [0.4, 0.5) is 0 Å². The summed E-state index contributed by atoms with van der Waals surface area (Å²) in [4.78, 5) is 0. The molecule has 3 heteroatoms. The fourth-order valence-corrected chi connectivity index (χ4v) is 1.41. The maximum atomic E-state index is 8.79. The van der Waals surface area contributed by atoms with Crippen LogP contribution in [0.3, 0.4) is 0 Å². The first-order valence-electron chi connectivity index (χ1n) is 3.89.